The normalized spacial score (nSPS) is 21.8. The number of imide groups is 1. The van der Waals surface area contributed by atoms with E-state index in [1.165, 1.54) is 0 Å². The van der Waals surface area contributed by atoms with Gasteiger partial charge in [0.25, 0.3) is 11.8 Å². The summed E-state index contributed by atoms with van der Waals surface area (Å²) in [7, 11) is 0. The number of hydrogen-bond acceptors (Lipinski definition) is 6. The van der Waals surface area contributed by atoms with Crippen LogP contribution in [0, 0.1) is 0 Å². The number of hydrogen-bond donors (Lipinski definition) is 3. The molecule has 4 rings (SSSR count). The van der Waals surface area contributed by atoms with E-state index in [1.807, 2.05) is 23.1 Å². The van der Waals surface area contributed by atoms with Gasteiger partial charge in [-0.2, -0.15) is 5.01 Å². The lowest BCUT2D eigenvalue weighted by Gasteiger charge is -2.36. The van der Waals surface area contributed by atoms with Crippen LogP contribution in [0.3, 0.4) is 0 Å². The lowest BCUT2D eigenvalue weighted by molar-refractivity contribution is -0.139. The van der Waals surface area contributed by atoms with Crippen molar-refractivity contribution in [2.75, 3.05) is 37.6 Å². The van der Waals surface area contributed by atoms with Gasteiger partial charge in [-0.3, -0.25) is 19.9 Å². The van der Waals surface area contributed by atoms with Gasteiger partial charge < -0.3 is 15.3 Å². The zero-order valence-corrected chi connectivity index (χ0v) is 17.2. The fourth-order valence-electron chi connectivity index (χ4n) is 3.95. The molecule has 162 valence electrons. The Bertz CT molecular complexity index is 990. The fourth-order valence-corrected chi connectivity index (χ4v) is 3.95. The number of rotatable bonds is 5. The third-order valence-corrected chi connectivity index (χ3v) is 5.74. The smallest absolute Gasteiger partial charge is 0.344 e. The molecule has 0 aromatic heterocycles. The second kappa shape index (κ2) is 8.27. The number of hydrazine groups is 1. The van der Waals surface area contributed by atoms with Gasteiger partial charge in [-0.05, 0) is 24.6 Å². The lowest BCUT2D eigenvalue weighted by Crippen LogP contribution is -2.53. The van der Waals surface area contributed by atoms with E-state index in [4.69, 9.17) is 0 Å². The van der Waals surface area contributed by atoms with Crippen LogP contribution >= 0.6 is 0 Å². The van der Waals surface area contributed by atoms with Crippen LogP contribution in [-0.4, -0.2) is 65.6 Å². The molecule has 2 aromatic rings. The Morgan fingerprint density at radius 3 is 2.35 bits per heavy atom. The molecule has 9 heteroatoms. The molecule has 2 aliphatic heterocycles. The number of benzene rings is 2. The molecule has 0 saturated carbocycles. The Kier molecular flexibility index (Phi) is 5.51. The molecule has 31 heavy (non-hydrogen) atoms. The first-order valence-corrected chi connectivity index (χ1v) is 10.2. The summed E-state index contributed by atoms with van der Waals surface area (Å²) in [6.07, 6.45) is 0. The Balaban J connectivity index is 1.33. The number of para-hydroxylation sites is 2. The molecule has 2 heterocycles. The van der Waals surface area contributed by atoms with E-state index in [1.54, 1.807) is 43.3 Å². The van der Waals surface area contributed by atoms with Crippen molar-refractivity contribution in [1.29, 1.82) is 0 Å². The van der Waals surface area contributed by atoms with Gasteiger partial charge in [-0.1, -0.05) is 42.5 Å². The van der Waals surface area contributed by atoms with Gasteiger partial charge in [-0.25, -0.2) is 4.79 Å². The molecule has 0 spiro atoms. The maximum atomic E-state index is 12.9. The maximum absolute atomic E-state index is 12.9. The number of nitrogens with one attached hydrogen (secondary N) is 2. The first-order chi connectivity index (χ1) is 14.9. The summed E-state index contributed by atoms with van der Waals surface area (Å²) in [5.41, 5.74) is 2.63. The molecule has 1 atom stereocenters. The van der Waals surface area contributed by atoms with Crippen LogP contribution in [0.4, 0.5) is 10.5 Å². The molecule has 9 nitrogen and oxygen atoms in total. The van der Waals surface area contributed by atoms with Crippen LogP contribution in [0.25, 0.3) is 0 Å². The molecule has 4 amide bonds. The van der Waals surface area contributed by atoms with Crippen LogP contribution in [0.1, 0.15) is 12.5 Å². The highest BCUT2D eigenvalue weighted by atomic mass is 16.3. The van der Waals surface area contributed by atoms with Gasteiger partial charge in [0, 0.05) is 26.2 Å². The van der Waals surface area contributed by atoms with E-state index in [2.05, 4.69) is 15.6 Å². The molecule has 2 aromatic carbocycles. The largest absolute Gasteiger partial charge is 0.506 e. The zero-order chi connectivity index (χ0) is 22.0. The van der Waals surface area contributed by atoms with Crippen molar-refractivity contribution < 1.29 is 19.5 Å². The summed E-state index contributed by atoms with van der Waals surface area (Å²) >= 11 is 0. The number of nitrogens with zero attached hydrogens (tertiary/aromatic N) is 3. The number of phenols is 1. The molecular formula is C22H25N5O4. The highest BCUT2D eigenvalue weighted by molar-refractivity contribution is 6.08. The van der Waals surface area contributed by atoms with Gasteiger partial charge in [-0.15, -0.1) is 0 Å². The summed E-state index contributed by atoms with van der Waals surface area (Å²) in [5, 5.41) is 13.4. The molecule has 2 fully saturated rings. The summed E-state index contributed by atoms with van der Waals surface area (Å²) in [5.74, 6) is -0.730. The first-order valence-electron chi connectivity index (χ1n) is 10.2. The van der Waals surface area contributed by atoms with Gasteiger partial charge in [0.15, 0.2) is 0 Å². The molecule has 0 unspecified atom stereocenters. The van der Waals surface area contributed by atoms with Gasteiger partial charge >= 0.3 is 6.03 Å². The fraction of sp³-hybridized carbons (Fsp3) is 0.318. The summed E-state index contributed by atoms with van der Waals surface area (Å²) in [6, 6.07) is 15.4. The van der Waals surface area contributed by atoms with E-state index in [0.717, 1.165) is 10.7 Å². The minimum atomic E-state index is -1.23. The lowest BCUT2D eigenvalue weighted by atomic mass is 9.92. The van der Waals surface area contributed by atoms with E-state index < -0.39 is 23.4 Å². The predicted octanol–water partition coefficient (Wildman–Crippen LogP) is 1.01. The standard InChI is InChI=1S/C22H25N5O4/c1-22(16-7-3-2-4-8-16)20(30)27(21(31)23-22)24-19(29)15-25-11-13-26(14-12-25)17-9-5-6-10-18(17)28/h2-10,28H,11-15H2,1H3,(H,23,31)(H,24,29)/t22-/m1/s1. The second-order valence-corrected chi connectivity index (χ2v) is 7.85. The highest BCUT2D eigenvalue weighted by Gasteiger charge is 2.50. The molecule has 2 saturated heterocycles. The number of phenolic OH excluding ortho intramolecular Hbond substituents is 1. The number of carbonyl (C=O) groups excluding carboxylic acids is 3. The Morgan fingerprint density at radius 1 is 1.03 bits per heavy atom. The van der Waals surface area contributed by atoms with E-state index in [-0.39, 0.29) is 12.3 Å². The number of piperazine rings is 1. The second-order valence-electron chi connectivity index (χ2n) is 7.85. The molecule has 2 aliphatic rings. The summed E-state index contributed by atoms with van der Waals surface area (Å²) in [4.78, 5) is 41.8. The monoisotopic (exact) mass is 423 g/mol. The van der Waals surface area contributed by atoms with Crippen LogP contribution in [0.15, 0.2) is 54.6 Å². The quantitative estimate of drug-likeness (QED) is 0.620. The van der Waals surface area contributed by atoms with Crippen molar-refractivity contribution in [2.24, 2.45) is 0 Å². The minimum absolute atomic E-state index is 0.0632. The molecule has 0 bridgehead atoms. The zero-order valence-electron chi connectivity index (χ0n) is 17.2. The van der Waals surface area contributed by atoms with Crippen molar-refractivity contribution in [3.05, 3.63) is 60.2 Å². The Hall–Kier alpha value is -3.59. The third-order valence-electron chi connectivity index (χ3n) is 5.74. The topological polar surface area (TPSA) is 105 Å². The van der Waals surface area contributed by atoms with Crippen molar-refractivity contribution in [3.63, 3.8) is 0 Å². The number of aromatic hydroxyl groups is 1. The first kappa shape index (κ1) is 20.7. The van der Waals surface area contributed by atoms with Crippen molar-refractivity contribution >= 4 is 23.5 Å². The average Bonchev–Trinajstić information content (AvgIpc) is 2.99. The van der Waals surface area contributed by atoms with Gasteiger partial charge in [0.2, 0.25) is 0 Å². The highest BCUT2D eigenvalue weighted by Crippen LogP contribution is 2.28. The number of urea groups is 1. The predicted molar refractivity (Wildman–Crippen MR) is 114 cm³/mol. The van der Waals surface area contributed by atoms with E-state index in [9.17, 15) is 19.5 Å². The number of anilines is 1. The van der Waals surface area contributed by atoms with Crippen molar-refractivity contribution in [2.45, 2.75) is 12.5 Å². The molecular weight excluding hydrogens is 398 g/mol. The number of amides is 4. The van der Waals surface area contributed by atoms with Crippen LogP contribution < -0.4 is 15.6 Å². The van der Waals surface area contributed by atoms with Crippen molar-refractivity contribution in [1.82, 2.24) is 20.7 Å². The van der Waals surface area contributed by atoms with Crippen LogP contribution in [0.5, 0.6) is 5.75 Å². The Morgan fingerprint density at radius 2 is 1.68 bits per heavy atom. The summed E-state index contributed by atoms with van der Waals surface area (Å²) < 4.78 is 0. The average molecular weight is 423 g/mol. The van der Waals surface area contributed by atoms with E-state index in [0.29, 0.717) is 31.7 Å². The summed E-state index contributed by atoms with van der Waals surface area (Å²) in [6.45, 7) is 4.22. The maximum Gasteiger partial charge on any atom is 0.344 e. The third kappa shape index (κ3) is 4.04. The number of carbonyl (C=O) groups is 3. The van der Waals surface area contributed by atoms with Gasteiger partial charge in [0.1, 0.15) is 11.3 Å². The SMILES string of the molecule is C[C@]1(c2ccccc2)NC(=O)N(NC(=O)CN2CCN(c3ccccc3O)CC2)C1=O. The minimum Gasteiger partial charge on any atom is -0.506 e. The van der Waals surface area contributed by atoms with Crippen molar-refractivity contribution in [3.8, 4) is 5.75 Å². The molecule has 0 radical (unpaired) electrons. The molecule has 0 aliphatic carbocycles. The Labute approximate surface area is 180 Å². The van der Waals surface area contributed by atoms with Crippen LogP contribution in [-0.2, 0) is 15.1 Å². The molecule has 3 N–H and O–H groups in total. The van der Waals surface area contributed by atoms with Gasteiger partial charge in [0.05, 0.1) is 12.2 Å². The van der Waals surface area contributed by atoms with E-state index >= 15 is 0 Å². The van der Waals surface area contributed by atoms with Crippen LogP contribution in [0.2, 0.25) is 0 Å².